The molecule has 0 amide bonds. The minimum atomic E-state index is -0.175. The quantitative estimate of drug-likeness (QED) is 0.700. The maximum Gasteiger partial charge on any atom is 0.0813 e. The fourth-order valence-electron chi connectivity index (χ4n) is 0.798. The highest BCUT2D eigenvalue weighted by Crippen LogP contribution is 2.04. The largest absolute Gasteiger partial charge is 0.296 e. The Hall–Kier alpha value is -0.940. The van der Waals surface area contributed by atoms with Gasteiger partial charge in [-0.3, -0.25) is 9.52 Å². The van der Waals surface area contributed by atoms with Gasteiger partial charge < -0.3 is 0 Å². The van der Waals surface area contributed by atoms with Crippen molar-refractivity contribution in [3.8, 4) is 0 Å². The van der Waals surface area contributed by atoms with Gasteiger partial charge in [0, 0.05) is 7.05 Å². The Morgan fingerprint density at radius 3 is 2.69 bits per heavy atom. The van der Waals surface area contributed by atoms with E-state index >= 15 is 0 Å². The predicted octanol–water partition coefficient (Wildman–Crippen LogP) is 0.635. The average molecular weight is 184 g/mol. The minimum absolute atomic E-state index is 0.175. The molecule has 0 atom stereocenters. The molecular weight excluding hydrogens is 168 g/mol. The van der Waals surface area contributed by atoms with Gasteiger partial charge >= 0.3 is 0 Å². The molecule has 1 rings (SSSR count). The molecule has 0 aliphatic carbocycles. The predicted molar refractivity (Wildman–Crippen MR) is 48.7 cm³/mol. The number of hydroxylamine groups is 1. The van der Waals surface area contributed by atoms with Crippen molar-refractivity contribution in [1.29, 1.82) is 0 Å². The van der Waals surface area contributed by atoms with Gasteiger partial charge in [0.05, 0.1) is 24.0 Å². The summed E-state index contributed by atoms with van der Waals surface area (Å²) in [6.07, 6.45) is 1.71. The van der Waals surface area contributed by atoms with Crippen molar-refractivity contribution >= 4 is 0 Å². The number of nitrogens with one attached hydrogen (secondary N) is 1. The summed E-state index contributed by atoms with van der Waals surface area (Å²) in [5, 5.41) is 7.56. The molecule has 0 saturated heterocycles. The zero-order chi connectivity index (χ0) is 9.90. The zero-order valence-corrected chi connectivity index (χ0v) is 8.53. The van der Waals surface area contributed by atoms with E-state index in [9.17, 15) is 0 Å². The molecule has 1 heterocycles. The first-order chi connectivity index (χ1) is 5.99. The molecule has 1 N–H and O–H groups in total. The van der Waals surface area contributed by atoms with Gasteiger partial charge in [-0.15, -0.1) is 5.10 Å². The van der Waals surface area contributed by atoms with Crippen LogP contribution in [-0.4, -0.2) is 20.6 Å². The zero-order valence-electron chi connectivity index (χ0n) is 8.53. The molecule has 74 valence electrons. The summed E-state index contributed by atoms with van der Waals surface area (Å²) in [5.41, 5.74) is 3.68. The first kappa shape index (κ1) is 10.1. The van der Waals surface area contributed by atoms with Gasteiger partial charge in [-0.1, -0.05) is 5.21 Å². The Balaban J connectivity index is 2.32. The summed E-state index contributed by atoms with van der Waals surface area (Å²) in [6, 6.07) is 0. The van der Waals surface area contributed by atoms with Crippen molar-refractivity contribution in [2.45, 2.75) is 32.9 Å². The first-order valence-corrected chi connectivity index (χ1v) is 4.23. The minimum Gasteiger partial charge on any atom is -0.296 e. The maximum atomic E-state index is 5.34. The summed E-state index contributed by atoms with van der Waals surface area (Å²) >= 11 is 0. The van der Waals surface area contributed by atoms with Gasteiger partial charge in [0.1, 0.15) is 0 Å². The fraction of sp³-hybridized carbons (Fsp3) is 0.750. The number of rotatable bonds is 3. The van der Waals surface area contributed by atoms with Crippen LogP contribution in [0.3, 0.4) is 0 Å². The second-order valence-corrected chi connectivity index (χ2v) is 3.88. The molecule has 5 heteroatoms. The van der Waals surface area contributed by atoms with Gasteiger partial charge in [0.15, 0.2) is 0 Å². The third kappa shape index (κ3) is 3.52. The summed E-state index contributed by atoms with van der Waals surface area (Å²) in [4.78, 5) is 5.34. The van der Waals surface area contributed by atoms with Crippen LogP contribution in [0.4, 0.5) is 0 Å². The van der Waals surface area contributed by atoms with Gasteiger partial charge in [0.2, 0.25) is 0 Å². The van der Waals surface area contributed by atoms with E-state index in [2.05, 4.69) is 15.8 Å². The van der Waals surface area contributed by atoms with Gasteiger partial charge in [0.25, 0.3) is 0 Å². The number of nitrogens with zero attached hydrogens (tertiary/aromatic N) is 3. The number of aryl methyl sites for hydroxylation is 1. The highest BCUT2D eigenvalue weighted by molar-refractivity contribution is 4.91. The van der Waals surface area contributed by atoms with Crippen LogP contribution in [0.5, 0.6) is 0 Å². The Morgan fingerprint density at radius 2 is 2.23 bits per heavy atom. The summed E-state index contributed by atoms with van der Waals surface area (Å²) in [5.74, 6) is 0. The van der Waals surface area contributed by atoms with Crippen molar-refractivity contribution in [2.24, 2.45) is 7.05 Å². The third-order valence-electron chi connectivity index (χ3n) is 1.44. The standard InChI is InChI=1S/C8H16N4O/c1-8(2,3)13-10-6-7-5-9-11-12(7)4/h5,10H,6H2,1-4H3. The highest BCUT2D eigenvalue weighted by Gasteiger charge is 2.10. The van der Waals surface area contributed by atoms with Crippen molar-refractivity contribution in [3.05, 3.63) is 11.9 Å². The molecule has 1 aromatic heterocycles. The topological polar surface area (TPSA) is 52.0 Å². The Morgan fingerprint density at radius 1 is 1.54 bits per heavy atom. The van der Waals surface area contributed by atoms with Crippen LogP contribution in [0.15, 0.2) is 6.20 Å². The molecule has 0 aliphatic heterocycles. The summed E-state index contributed by atoms with van der Waals surface area (Å²) in [6.45, 7) is 6.57. The second kappa shape index (κ2) is 3.85. The lowest BCUT2D eigenvalue weighted by atomic mass is 10.2. The van der Waals surface area contributed by atoms with Crippen LogP contribution >= 0.6 is 0 Å². The van der Waals surface area contributed by atoms with Gasteiger partial charge in [-0.2, -0.15) is 5.48 Å². The number of hydrogen-bond donors (Lipinski definition) is 1. The Labute approximate surface area is 78.0 Å². The van der Waals surface area contributed by atoms with E-state index in [0.29, 0.717) is 6.54 Å². The number of aromatic nitrogens is 3. The summed E-state index contributed by atoms with van der Waals surface area (Å²) in [7, 11) is 1.85. The van der Waals surface area contributed by atoms with Gasteiger partial charge in [-0.25, -0.2) is 0 Å². The Bertz CT molecular complexity index is 263. The molecule has 0 aromatic carbocycles. The maximum absolute atomic E-state index is 5.34. The lowest BCUT2D eigenvalue weighted by Gasteiger charge is -2.19. The van der Waals surface area contributed by atoms with E-state index in [1.54, 1.807) is 10.9 Å². The van der Waals surface area contributed by atoms with Crippen LogP contribution in [0.1, 0.15) is 26.5 Å². The van der Waals surface area contributed by atoms with Gasteiger partial charge in [-0.05, 0) is 20.8 Å². The Kier molecular flexibility index (Phi) is 3.00. The van der Waals surface area contributed by atoms with E-state index in [0.717, 1.165) is 5.69 Å². The summed E-state index contributed by atoms with van der Waals surface area (Å²) < 4.78 is 1.71. The molecule has 0 spiro atoms. The highest BCUT2D eigenvalue weighted by atomic mass is 16.7. The van der Waals surface area contributed by atoms with Crippen LogP contribution in [0.2, 0.25) is 0 Å². The average Bonchev–Trinajstić information content (AvgIpc) is 2.34. The van der Waals surface area contributed by atoms with E-state index in [4.69, 9.17) is 4.84 Å². The smallest absolute Gasteiger partial charge is 0.0813 e. The molecule has 0 fully saturated rings. The van der Waals surface area contributed by atoms with E-state index < -0.39 is 0 Å². The molecule has 0 saturated carbocycles. The third-order valence-corrected chi connectivity index (χ3v) is 1.44. The molecule has 5 nitrogen and oxygen atoms in total. The molecule has 0 bridgehead atoms. The van der Waals surface area contributed by atoms with E-state index in [-0.39, 0.29) is 5.60 Å². The van der Waals surface area contributed by atoms with Crippen molar-refractivity contribution in [3.63, 3.8) is 0 Å². The van der Waals surface area contributed by atoms with Crippen LogP contribution < -0.4 is 5.48 Å². The molecule has 1 aromatic rings. The van der Waals surface area contributed by atoms with Crippen LogP contribution in [0, 0.1) is 0 Å². The molecule has 0 radical (unpaired) electrons. The van der Waals surface area contributed by atoms with Crippen LogP contribution in [-0.2, 0) is 18.4 Å². The van der Waals surface area contributed by atoms with Crippen molar-refractivity contribution in [2.75, 3.05) is 0 Å². The molecular formula is C8H16N4O. The lowest BCUT2D eigenvalue weighted by molar-refractivity contribution is -0.0764. The molecule has 13 heavy (non-hydrogen) atoms. The van der Waals surface area contributed by atoms with Crippen molar-refractivity contribution in [1.82, 2.24) is 20.5 Å². The van der Waals surface area contributed by atoms with E-state index in [1.807, 2.05) is 27.8 Å². The lowest BCUT2D eigenvalue weighted by Crippen LogP contribution is -2.29. The monoisotopic (exact) mass is 184 g/mol. The second-order valence-electron chi connectivity index (χ2n) is 3.88. The SMILES string of the molecule is Cn1nncc1CNOC(C)(C)C. The normalized spacial score (nSPS) is 12.0. The number of hydrogen-bond acceptors (Lipinski definition) is 4. The van der Waals surface area contributed by atoms with Crippen LogP contribution in [0.25, 0.3) is 0 Å². The van der Waals surface area contributed by atoms with E-state index in [1.165, 1.54) is 0 Å². The molecule has 0 aliphatic rings. The first-order valence-electron chi connectivity index (χ1n) is 4.23. The molecule has 0 unspecified atom stereocenters. The fourth-order valence-corrected chi connectivity index (χ4v) is 0.798. The van der Waals surface area contributed by atoms with Crippen molar-refractivity contribution < 1.29 is 4.84 Å².